The molecule has 2 amide bonds. The monoisotopic (exact) mass is 190 g/mol. The summed E-state index contributed by atoms with van der Waals surface area (Å²) in [5.41, 5.74) is 2.53. The summed E-state index contributed by atoms with van der Waals surface area (Å²) in [6.45, 7) is 2.80. The molecule has 1 aromatic carbocycles. The van der Waals surface area contributed by atoms with Gasteiger partial charge in [0.2, 0.25) is 0 Å². The number of urea groups is 1. The molecule has 74 valence electrons. The number of hydrogen-bond donors (Lipinski definition) is 2. The van der Waals surface area contributed by atoms with Crippen molar-refractivity contribution < 1.29 is 4.79 Å². The van der Waals surface area contributed by atoms with Crippen LogP contribution in [-0.2, 0) is 6.42 Å². The highest BCUT2D eigenvalue weighted by Crippen LogP contribution is 2.07. The van der Waals surface area contributed by atoms with E-state index in [-0.39, 0.29) is 12.1 Å². The first-order chi connectivity index (χ1) is 6.74. The fourth-order valence-electron chi connectivity index (χ4n) is 1.64. The van der Waals surface area contributed by atoms with Crippen LogP contribution in [0.4, 0.5) is 4.79 Å². The van der Waals surface area contributed by atoms with Crippen molar-refractivity contribution in [3.8, 4) is 0 Å². The lowest BCUT2D eigenvalue weighted by Crippen LogP contribution is -2.28. The van der Waals surface area contributed by atoms with Gasteiger partial charge in [-0.15, -0.1) is 0 Å². The van der Waals surface area contributed by atoms with Crippen LogP contribution in [0.3, 0.4) is 0 Å². The molecule has 1 atom stereocenters. The van der Waals surface area contributed by atoms with E-state index in [4.69, 9.17) is 0 Å². The van der Waals surface area contributed by atoms with Crippen molar-refractivity contribution in [2.24, 2.45) is 0 Å². The average Bonchev–Trinajstić information content (AvgIpc) is 2.56. The molecule has 2 rings (SSSR count). The van der Waals surface area contributed by atoms with E-state index >= 15 is 0 Å². The highest BCUT2D eigenvalue weighted by Gasteiger charge is 2.19. The Kier molecular flexibility index (Phi) is 2.39. The van der Waals surface area contributed by atoms with Crippen LogP contribution in [0.1, 0.15) is 11.1 Å². The summed E-state index contributed by atoms with van der Waals surface area (Å²) in [4.78, 5) is 10.9. The summed E-state index contributed by atoms with van der Waals surface area (Å²) in [6.07, 6.45) is 0.902. The van der Waals surface area contributed by atoms with E-state index in [9.17, 15) is 4.79 Å². The van der Waals surface area contributed by atoms with E-state index < -0.39 is 0 Å². The van der Waals surface area contributed by atoms with Gasteiger partial charge in [0, 0.05) is 6.54 Å². The Morgan fingerprint density at radius 3 is 2.64 bits per heavy atom. The number of amides is 2. The number of rotatable bonds is 2. The Hall–Kier alpha value is -1.51. The van der Waals surface area contributed by atoms with Crippen LogP contribution in [0.5, 0.6) is 0 Å². The maximum Gasteiger partial charge on any atom is 0.315 e. The Bertz CT molecular complexity index is 332. The van der Waals surface area contributed by atoms with Gasteiger partial charge in [0.15, 0.2) is 0 Å². The molecular formula is C11H14N2O. The van der Waals surface area contributed by atoms with Crippen LogP contribution >= 0.6 is 0 Å². The van der Waals surface area contributed by atoms with Crippen molar-refractivity contribution >= 4 is 6.03 Å². The van der Waals surface area contributed by atoms with Gasteiger partial charge in [0.1, 0.15) is 0 Å². The predicted molar refractivity (Wildman–Crippen MR) is 55.2 cm³/mol. The second-order valence-electron chi connectivity index (χ2n) is 3.74. The smallest absolute Gasteiger partial charge is 0.315 e. The Morgan fingerprint density at radius 1 is 1.36 bits per heavy atom. The van der Waals surface area contributed by atoms with Gasteiger partial charge in [-0.05, 0) is 18.9 Å². The first kappa shape index (κ1) is 9.06. The van der Waals surface area contributed by atoms with E-state index in [0.717, 1.165) is 13.0 Å². The van der Waals surface area contributed by atoms with Crippen LogP contribution in [0.25, 0.3) is 0 Å². The molecule has 0 radical (unpaired) electrons. The third-order valence-electron chi connectivity index (χ3n) is 2.45. The molecule has 14 heavy (non-hydrogen) atoms. The molecule has 3 nitrogen and oxygen atoms in total. The molecule has 0 aliphatic carbocycles. The van der Waals surface area contributed by atoms with Crippen molar-refractivity contribution in [3.63, 3.8) is 0 Å². The molecule has 2 N–H and O–H groups in total. The zero-order valence-electron chi connectivity index (χ0n) is 8.21. The molecule has 1 fully saturated rings. The molecule has 1 aliphatic heterocycles. The van der Waals surface area contributed by atoms with E-state index in [2.05, 4.69) is 41.8 Å². The Morgan fingerprint density at radius 2 is 2.07 bits per heavy atom. The molecular weight excluding hydrogens is 176 g/mol. The first-order valence-electron chi connectivity index (χ1n) is 4.84. The molecule has 0 spiro atoms. The SMILES string of the molecule is Cc1ccc(CC2CNC(=O)N2)cc1. The lowest BCUT2D eigenvalue weighted by Gasteiger charge is -2.08. The van der Waals surface area contributed by atoms with Gasteiger partial charge < -0.3 is 10.6 Å². The molecule has 3 heteroatoms. The number of benzene rings is 1. The van der Waals surface area contributed by atoms with Crippen molar-refractivity contribution in [3.05, 3.63) is 35.4 Å². The highest BCUT2D eigenvalue weighted by atomic mass is 16.2. The zero-order valence-corrected chi connectivity index (χ0v) is 8.21. The summed E-state index contributed by atoms with van der Waals surface area (Å²) in [7, 11) is 0. The summed E-state index contributed by atoms with van der Waals surface area (Å²) in [5, 5.41) is 5.62. The highest BCUT2D eigenvalue weighted by molar-refractivity contribution is 5.76. The fraction of sp³-hybridized carbons (Fsp3) is 0.364. The van der Waals surface area contributed by atoms with Gasteiger partial charge >= 0.3 is 6.03 Å². The number of hydrogen-bond acceptors (Lipinski definition) is 1. The van der Waals surface area contributed by atoms with Crippen molar-refractivity contribution in [1.29, 1.82) is 0 Å². The van der Waals surface area contributed by atoms with Crippen molar-refractivity contribution in [2.45, 2.75) is 19.4 Å². The zero-order chi connectivity index (χ0) is 9.97. The van der Waals surface area contributed by atoms with E-state index in [0.29, 0.717) is 0 Å². The minimum absolute atomic E-state index is 0.0536. The molecule has 0 saturated carbocycles. The minimum Gasteiger partial charge on any atom is -0.336 e. The predicted octanol–water partition coefficient (Wildman–Crippen LogP) is 1.22. The molecule has 0 bridgehead atoms. The van der Waals surface area contributed by atoms with Gasteiger partial charge in [-0.2, -0.15) is 0 Å². The lowest BCUT2D eigenvalue weighted by atomic mass is 10.1. The average molecular weight is 190 g/mol. The molecule has 1 aliphatic rings. The maximum atomic E-state index is 10.9. The van der Waals surface area contributed by atoms with E-state index in [1.807, 2.05) is 0 Å². The van der Waals surface area contributed by atoms with Crippen molar-refractivity contribution in [1.82, 2.24) is 10.6 Å². The van der Waals surface area contributed by atoms with Crippen LogP contribution < -0.4 is 10.6 Å². The Labute approximate surface area is 83.5 Å². The third kappa shape index (κ3) is 2.05. The number of aryl methyl sites for hydroxylation is 1. The maximum absolute atomic E-state index is 10.9. The summed E-state index contributed by atoms with van der Waals surface area (Å²) in [6, 6.07) is 8.60. The van der Waals surface area contributed by atoms with Gasteiger partial charge in [-0.3, -0.25) is 0 Å². The van der Waals surface area contributed by atoms with Crippen LogP contribution in [0, 0.1) is 6.92 Å². The van der Waals surface area contributed by atoms with Gasteiger partial charge in [0.25, 0.3) is 0 Å². The molecule has 1 unspecified atom stereocenters. The van der Waals surface area contributed by atoms with Gasteiger partial charge in [-0.1, -0.05) is 29.8 Å². The van der Waals surface area contributed by atoms with Gasteiger partial charge in [-0.25, -0.2) is 4.79 Å². The quantitative estimate of drug-likeness (QED) is 0.723. The molecule has 1 saturated heterocycles. The summed E-state index contributed by atoms with van der Waals surface area (Å²) < 4.78 is 0. The van der Waals surface area contributed by atoms with Gasteiger partial charge in [0.05, 0.1) is 6.04 Å². The number of carbonyl (C=O) groups is 1. The van der Waals surface area contributed by atoms with Crippen LogP contribution in [0.2, 0.25) is 0 Å². The summed E-state index contributed by atoms with van der Waals surface area (Å²) >= 11 is 0. The van der Waals surface area contributed by atoms with Crippen LogP contribution in [0.15, 0.2) is 24.3 Å². The van der Waals surface area contributed by atoms with E-state index in [1.165, 1.54) is 11.1 Å². The van der Waals surface area contributed by atoms with Crippen molar-refractivity contribution in [2.75, 3.05) is 6.54 Å². The lowest BCUT2D eigenvalue weighted by molar-refractivity contribution is 0.247. The topological polar surface area (TPSA) is 41.1 Å². The first-order valence-corrected chi connectivity index (χ1v) is 4.84. The minimum atomic E-state index is -0.0536. The molecule has 1 heterocycles. The normalized spacial score (nSPS) is 20.4. The summed E-state index contributed by atoms with van der Waals surface area (Å²) in [5.74, 6) is 0. The second kappa shape index (κ2) is 3.70. The largest absolute Gasteiger partial charge is 0.336 e. The second-order valence-corrected chi connectivity index (χ2v) is 3.74. The standard InChI is InChI=1S/C11H14N2O/c1-8-2-4-9(5-3-8)6-10-7-12-11(14)13-10/h2-5,10H,6-7H2,1H3,(H2,12,13,14). The fourth-order valence-corrected chi connectivity index (χ4v) is 1.64. The van der Waals surface area contributed by atoms with E-state index in [1.54, 1.807) is 0 Å². The third-order valence-corrected chi connectivity index (χ3v) is 2.45. The van der Waals surface area contributed by atoms with Crippen LogP contribution in [-0.4, -0.2) is 18.6 Å². The number of nitrogens with one attached hydrogen (secondary N) is 2. The molecule has 1 aromatic rings. The molecule has 0 aromatic heterocycles. The number of carbonyl (C=O) groups excluding carboxylic acids is 1. The Balaban J connectivity index is 1.97.